The van der Waals surface area contributed by atoms with E-state index in [2.05, 4.69) is 4.90 Å². The van der Waals surface area contributed by atoms with Crippen LogP contribution in [0, 0.1) is 5.92 Å². The summed E-state index contributed by atoms with van der Waals surface area (Å²) in [5, 5.41) is 26.4. The summed E-state index contributed by atoms with van der Waals surface area (Å²) < 4.78 is 0. The third-order valence-electron chi connectivity index (χ3n) is 3.13. The fourth-order valence-corrected chi connectivity index (χ4v) is 2.09. The molecule has 7 heteroatoms. The van der Waals surface area contributed by atoms with Crippen molar-refractivity contribution in [3.05, 3.63) is 0 Å². The van der Waals surface area contributed by atoms with Crippen LogP contribution in [0.15, 0.2) is 0 Å². The van der Waals surface area contributed by atoms with Gasteiger partial charge in [-0.3, -0.25) is 19.4 Å². The Morgan fingerprint density at radius 2 is 1.61 bits per heavy atom. The summed E-state index contributed by atoms with van der Waals surface area (Å²) >= 11 is 0. The van der Waals surface area contributed by atoms with Gasteiger partial charge in [0.2, 0.25) is 0 Å². The van der Waals surface area contributed by atoms with Crippen LogP contribution in [0.5, 0.6) is 0 Å². The summed E-state index contributed by atoms with van der Waals surface area (Å²) in [5.41, 5.74) is 0. The molecule has 3 N–H and O–H groups in total. The highest BCUT2D eigenvalue weighted by molar-refractivity contribution is 5.77. The second-order valence-electron chi connectivity index (χ2n) is 4.50. The van der Waals surface area contributed by atoms with Gasteiger partial charge in [0.1, 0.15) is 0 Å². The van der Waals surface area contributed by atoms with Crippen LogP contribution in [-0.4, -0.2) is 82.9 Å². The van der Waals surface area contributed by atoms with E-state index in [9.17, 15) is 9.59 Å². The standard InChI is InChI=1S/C11H20N2O5/c14-6-5-12-1-3-13(4-2-12)8-9(11(17)18)7-10(15)16/h9,14H,1-8H2,(H,15,16)(H,17,18). The zero-order chi connectivity index (χ0) is 13.5. The number of nitrogens with zero attached hydrogens (tertiary/aromatic N) is 2. The molecular weight excluding hydrogens is 240 g/mol. The van der Waals surface area contributed by atoms with Crippen molar-refractivity contribution >= 4 is 11.9 Å². The van der Waals surface area contributed by atoms with E-state index in [-0.39, 0.29) is 19.6 Å². The summed E-state index contributed by atoms with van der Waals surface area (Å²) in [6.07, 6.45) is -0.341. The number of β-amino-alcohol motifs (C(OH)–C–C–N with tert-alkyl or cyclic N) is 1. The Morgan fingerprint density at radius 1 is 1.06 bits per heavy atom. The van der Waals surface area contributed by atoms with E-state index >= 15 is 0 Å². The molecule has 0 aromatic heterocycles. The molecule has 1 aliphatic rings. The molecule has 0 radical (unpaired) electrons. The monoisotopic (exact) mass is 260 g/mol. The van der Waals surface area contributed by atoms with Crippen LogP contribution >= 0.6 is 0 Å². The van der Waals surface area contributed by atoms with Gasteiger partial charge < -0.3 is 15.3 Å². The average Bonchev–Trinajstić information content (AvgIpc) is 2.30. The zero-order valence-electron chi connectivity index (χ0n) is 10.3. The molecule has 0 aliphatic carbocycles. The third kappa shape index (κ3) is 4.99. The van der Waals surface area contributed by atoms with E-state index in [0.29, 0.717) is 19.6 Å². The normalized spacial score (nSPS) is 19.6. The van der Waals surface area contributed by atoms with Gasteiger partial charge >= 0.3 is 11.9 Å². The van der Waals surface area contributed by atoms with Gasteiger partial charge in [-0.1, -0.05) is 0 Å². The lowest BCUT2D eigenvalue weighted by atomic mass is 10.0. The molecule has 1 unspecified atom stereocenters. The topological polar surface area (TPSA) is 101 Å². The Kier molecular flexibility index (Phi) is 6.03. The van der Waals surface area contributed by atoms with Crippen molar-refractivity contribution in [1.29, 1.82) is 0 Å². The number of aliphatic hydroxyl groups is 1. The Labute approximate surface area is 106 Å². The number of rotatable bonds is 7. The van der Waals surface area contributed by atoms with E-state index in [1.807, 2.05) is 4.90 Å². The van der Waals surface area contributed by atoms with Gasteiger partial charge in [0.15, 0.2) is 0 Å². The number of carboxylic acids is 2. The van der Waals surface area contributed by atoms with E-state index in [4.69, 9.17) is 15.3 Å². The van der Waals surface area contributed by atoms with Crippen molar-refractivity contribution in [2.24, 2.45) is 5.92 Å². The van der Waals surface area contributed by atoms with Gasteiger partial charge in [-0.15, -0.1) is 0 Å². The molecule has 1 saturated heterocycles. The predicted molar refractivity (Wildman–Crippen MR) is 63.3 cm³/mol. The molecule has 1 rings (SSSR count). The molecule has 1 fully saturated rings. The Balaban J connectivity index is 2.37. The molecule has 0 aromatic carbocycles. The number of hydrogen-bond acceptors (Lipinski definition) is 5. The summed E-state index contributed by atoms with van der Waals surface area (Å²) in [7, 11) is 0. The molecule has 0 aromatic rings. The lowest BCUT2D eigenvalue weighted by molar-refractivity contribution is -0.149. The van der Waals surface area contributed by atoms with Crippen molar-refractivity contribution in [1.82, 2.24) is 9.80 Å². The highest BCUT2D eigenvalue weighted by atomic mass is 16.4. The van der Waals surface area contributed by atoms with Gasteiger partial charge in [0.25, 0.3) is 0 Å². The van der Waals surface area contributed by atoms with Gasteiger partial charge in [-0.05, 0) is 0 Å². The first kappa shape index (κ1) is 14.9. The van der Waals surface area contributed by atoms with E-state index in [1.54, 1.807) is 0 Å². The number of piperazine rings is 1. The highest BCUT2D eigenvalue weighted by Crippen LogP contribution is 2.09. The smallest absolute Gasteiger partial charge is 0.308 e. The van der Waals surface area contributed by atoms with E-state index in [0.717, 1.165) is 13.1 Å². The number of carboxylic acid groups (broad SMARTS) is 2. The van der Waals surface area contributed by atoms with Crippen LogP contribution in [0.1, 0.15) is 6.42 Å². The first-order chi connectivity index (χ1) is 8.52. The number of aliphatic carboxylic acids is 2. The minimum absolute atomic E-state index is 0.122. The molecule has 1 aliphatic heterocycles. The van der Waals surface area contributed by atoms with Crippen LogP contribution in [-0.2, 0) is 9.59 Å². The van der Waals surface area contributed by atoms with Gasteiger partial charge in [0, 0.05) is 39.3 Å². The average molecular weight is 260 g/mol. The summed E-state index contributed by atoms with van der Waals surface area (Å²) in [6.45, 7) is 4.00. The molecule has 1 heterocycles. The maximum absolute atomic E-state index is 10.9. The maximum Gasteiger partial charge on any atom is 0.308 e. The maximum atomic E-state index is 10.9. The predicted octanol–water partition coefficient (Wildman–Crippen LogP) is -1.23. The number of carbonyl (C=O) groups is 2. The van der Waals surface area contributed by atoms with Crippen molar-refractivity contribution in [3.63, 3.8) is 0 Å². The molecule has 18 heavy (non-hydrogen) atoms. The largest absolute Gasteiger partial charge is 0.481 e. The second kappa shape index (κ2) is 7.30. The molecule has 0 bridgehead atoms. The molecular formula is C11H20N2O5. The Bertz CT molecular complexity index is 289. The van der Waals surface area contributed by atoms with Crippen molar-refractivity contribution in [2.75, 3.05) is 45.9 Å². The van der Waals surface area contributed by atoms with E-state index in [1.165, 1.54) is 0 Å². The van der Waals surface area contributed by atoms with Crippen molar-refractivity contribution in [3.8, 4) is 0 Å². The molecule has 0 spiro atoms. The molecule has 7 nitrogen and oxygen atoms in total. The number of hydrogen-bond donors (Lipinski definition) is 3. The van der Waals surface area contributed by atoms with Crippen LogP contribution in [0.25, 0.3) is 0 Å². The minimum atomic E-state index is -1.08. The van der Waals surface area contributed by atoms with Gasteiger partial charge in [-0.25, -0.2) is 0 Å². The van der Waals surface area contributed by atoms with Crippen molar-refractivity contribution < 1.29 is 24.9 Å². The SMILES string of the molecule is O=C(O)CC(CN1CCN(CCO)CC1)C(=O)O. The summed E-state index contributed by atoms with van der Waals surface area (Å²) in [6, 6.07) is 0. The van der Waals surface area contributed by atoms with Crippen LogP contribution < -0.4 is 0 Å². The lowest BCUT2D eigenvalue weighted by Crippen LogP contribution is -2.49. The fraction of sp³-hybridized carbons (Fsp3) is 0.818. The lowest BCUT2D eigenvalue weighted by Gasteiger charge is -2.35. The van der Waals surface area contributed by atoms with Crippen LogP contribution in [0.4, 0.5) is 0 Å². The summed E-state index contributed by atoms with van der Waals surface area (Å²) in [5.74, 6) is -3.00. The van der Waals surface area contributed by atoms with Crippen LogP contribution in [0.2, 0.25) is 0 Å². The first-order valence-electron chi connectivity index (χ1n) is 6.03. The molecule has 104 valence electrons. The quantitative estimate of drug-likeness (QED) is 0.527. The van der Waals surface area contributed by atoms with Gasteiger partial charge in [-0.2, -0.15) is 0 Å². The number of aliphatic hydroxyl groups excluding tert-OH is 1. The molecule has 1 atom stereocenters. The molecule has 0 amide bonds. The Morgan fingerprint density at radius 3 is 2.06 bits per heavy atom. The third-order valence-corrected chi connectivity index (χ3v) is 3.13. The zero-order valence-corrected chi connectivity index (χ0v) is 10.3. The van der Waals surface area contributed by atoms with E-state index < -0.39 is 17.9 Å². The molecule has 0 saturated carbocycles. The Hall–Kier alpha value is -1.18. The fourth-order valence-electron chi connectivity index (χ4n) is 2.09. The highest BCUT2D eigenvalue weighted by Gasteiger charge is 2.25. The van der Waals surface area contributed by atoms with Crippen LogP contribution in [0.3, 0.4) is 0 Å². The second-order valence-corrected chi connectivity index (χ2v) is 4.50. The first-order valence-corrected chi connectivity index (χ1v) is 6.03. The summed E-state index contributed by atoms with van der Waals surface area (Å²) in [4.78, 5) is 25.6. The van der Waals surface area contributed by atoms with Crippen molar-refractivity contribution in [2.45, 2.75) is 6.42 Å². The van der Waals surface area contributed by atoms with Gasteiger partial charge in [0.05, 0.1) is 18.9 Å². The minimum Gasteiger partial charge on any atom is -0.481 e.